The third-order valence-electron chi connectivity index (χ3n) is 4.37. The average molecular weight is 393 g/mol. The normalized spacial score (nSPS) is 12.2. The van der Waals surface area contributed by atoms with Crippen LogP contribution in [0.1, 0.15) is 30.3 Å². The molecule has 1 aromatic carbocycles. The molecule has 0 amide bonds. The summed E-state index contributed by atoms with van der Waals surface area (Å²) in [7, 11) is 0. The van der Waals surface area contributed by atoms with Crippen molar-refractivity contribution in [2.75, 3.05) is 5.73 Å². The summed E-state index contributed by atoms with van der Waals surface area (Å²) < 4.78 is 6.70. The number of aromatic nitrogens is 3. The van der Waals surface area contributed by atoms with Crippen molar-refractivity contribution in [1.82, 2.24) is 10.3 Å². The van der Waals surface area contributed by atoms with Crippen LogP contribution in [0.25, 0.3) is 21.5 Å². The minimum atomic E-state index is -0.466. The number of benzene rings is 1. The Labute approximate surface area is 165 Å². The van der Waals surface area contributed by atoms with Gasteiger partial charge in [-0.15, -0.1) is 11.3 Å². The van der Waals surface area contributed by atoms with E-state index in [0.29, 0.717) is 15.4 Å². The lowest BCUT2D eigenvalue weighted by Gasteiger charge is -2.07. The molecule has 4 rings (SSSR count). The fourth-order valence-electron chi connectivity index (χ4n) is 2.88. The predicted octanol–water partition coefficient (Wildman–Crippen LogP) is 3.15. The summed E-state index contributed by atoms with van der Waals surface area (Å²) in [5, 5.41) is 17.3. The summed E-state index contributed by atoms with van der Waals surface area (Å²) in [5.74, 6) is -0.323. The topological polar surface area (TPSA) is 104 Å². The minimum absolute atomic E-state index is 0.112. The number of hydrogen-bond acceptors (Lipinski definition) is 7. The lowest BCUT2D eigenvalue weighted by molar-refractivity contribution is -0.779. The van der Waals surface area contributed by atoms with E-state index in [1.165, 1.54) is 11.3 Å². The summed E-state index contributed by atoms with van der Waals surface area (Å²) in [6, 6.07) is 12.0. The van der Waals surface area contributed by atoms with Crippen LogP contribution < -0.4 is 15.5 Å². The van der Waals surface area contributed by atoms with Crippen molar-refractivity contribution in [1.29, 1.82) is 0 Å². The molecular formula is C20H19N5O2S. The molecule has 8 heteroatoms. The molecule has 0 saturated heterocycles. The van der Waals surface area contributed by atoms with Gasteiger partial charge < -0.3 is 10.8 Å². The van der Waals surface area contributed by atoms with Crippen LogP contribution in [-0.2, 0) is 0 Å². The molecule has 0 bridgehead atoms. The maximum Gasteiger partial charge on any atom is 0.320 e. The Hall–Kier alpha value is -3.26. The number of hydrogen-bond donors (Lipinski definition) is 1. The zero-order valence-corrected chi connectivity index (χ0v) is 16.5. The maximum atomic E-state index is 12.7. The van der Waals surface area contributed by atoms with E-state index < -0.39 is 5.90 Å². The van der Waals surface area contributed by atoms with Gasteiger partial charge in [0.15, 0.2) is 6.04 Å². The summed E-state index contributed by atoms with van der Waals surface area (Å²) in [6.45, 7) is 5.89. The van der Waals surface area contributed by atoms with Crippen molar-refractivity contribution in [3.63, 3.8) is 0 Å². The van der Waals surface area contributed by atoms with Crippen LogP contribution >= 0.6 is 11.3 Å². The first-order valence-corrected chi connectivity index (χ1v) is 9.65. The number of aryl methyl sites for hydroxylation is 1. The zero-order valence-electron chi connectivity index (χ0n) is 15.7. The van der Waals surface area contributed by atoms with Crippen LogP contribution in [0.15, 0.2) is 52.1 Å². The largest absolute Gasteiger partial charge is 0.857 e. The van der Waals surface area contributed by atoms with Crippen LogP contribution in [0.5, 0.6) is 0 Å². The third-order valence-corrected chi connectivity index (χ3v) is 5.47. The molecule has 0 aliphatic heterocycles. The van der Waals surface area contributed by atoms with E-state index >= 15 is 0 Å². The van der Waals surface area contributed by atoms with E-state index in [0.717, 1.165) is 22.2 Å². The molecule has 0 aliphatic rings. The Morgan fingerprint density at radius 3 is 2.71 bits per heavy atom. The Morgan fingerprint density at radius 2 is 2.04 bits per heavy atom. The monoisotopic (exact) mass is 393 g/mol. The van der Waals surface area contributed by atoms with Crippen molar-refractivity contribution in [2.24, 2.45) is 4.99 Å². The Kier molecular flexibility index (Phi) is 4.56. The average Bonchev–Trinajstić information content (AvgIpc) is 3.27. The first kappa shape index (κ1) is 18.1. The highest BCUT2D eigenvalue weighted by atomic mass is 32.1. The van der Waals surface area contributed by atoms with Crippen molar-refractivity contribution < 1.29 is 14.3 Å². The number of fused-ring (bicyclic) bond motifs is 1. The molecule has 2 N–H and O–H groups in total. The second-order valence-electron chi connectivity index (χ2n) is 6.75. The third kappa shape index (κ3) is 3.22. The maximum absolute atomic E-state index is 12.7. The summed E-state index contributed by atoms with van der Waals surface area (Å²) in [5.41, 5.74) is 9.52. The van der Waals surface area contributed by atoms with Gasteiger partial charge in [0.2, 0.25) is 5.27 Å². The smallest absolute Gasteiger partial charge is 0.320 e. The molecule has 0 spiro atoms. The van der Waals surface area contributed by atoms with Crippen LogP contribution in [-0.4, -0.2) is 16.2 Å². The van der Waals surface area contributed by atoms with Crippen LogP contribution in [0.4, 0.5) is 11.6 Å². The Morgan fingerprint density at radius 1 is 1.29 bits per heavy atom. The van der Waals surface area contributed by atoms with Gasteiger partial charge in [-0.2, -0.15) is 0 Å². The van der Waals surface area contributed by atoms with Crippen molar-refractivity contribution in [3.05, 3.63) is 53.0 Å². The van der Waals surface area contributed by atoms with Crippen molar-refractivity contribution in [3.8, 4) is 11.3 Å². The summed E-state index contributed by atoms with van der Waals surface area (Å²) >= 11 is 1.23. The van der Waals surface area contributed by atoms with Crippen LogP contribution in [0, 0.1) is 6.92 Å². The number of nitrogen functional groups attached to an aromatic ring is 1. The number of rotatable bonds is 4. The lowest BCUT2D eigenvalue weighted by Crippen LogP contribution is -2.36. The van der Waals surface area contributed by atoms with Crippen LogP contribution in [0.2, 0.25) is 0 Å². The van der Waals surface area contributed by atoms with Crippen molar-refractivity contribution in [2.45, 2.75) is 26.8 Å². The van der Waals surface area contributed by atoms with Gasteiger partial charge in [-0.3, -0.25) is 4.52 Å². The Balaban J connectivity index is 1.77. The first-order chi connectivity index (χ1) is 13.4. The highest BCUT2D eigenvalue weighted by Gasteiger charge is 2.17. The number of thiophene rings is 1. The molecule has 0 fully saturated rings. The van der Waals surface area contributed by atoms with Crippen LogP contribution in [0.3, 0.4) is 0 Å². The van der Waals surface area contributed by atoms with Crippen molar-refractivity contribution >= 4 is 39.0 Å². The number of anilines is 1. The second kappa shape index (κ2) is 7.05. The van der Waals surface area contributed by atoms with E-state index in [1.807, 2.05) is 57.2 Å². The van der Waals surface area contributed by atoms with Gasteiger partial charge in [-0.1, -0.05) is 30.3 Å². The van der Waals surface area contributed by atoms with E-state index in [9.17, 15) is 5.11 Å². The van der Waals surface area contributed by atoms with Gasteiger partial charge in [0.1, 0.15) is 4.83 Å². The molecule has 0 atom stereocenters. The highest BCUT2D eigenvalue weighted by molar-refractivity contribution is 7.21. The quantitative estimate of drug-likeness (QED) is 0.326. The molecule has 0 aliphatic carbocycles. The highest BCUT2D eigenvalue weighted by Crippen LogP contribution is 2.36. The van der Waals surface area contributed by atoms with E-state index in [2.05, 4.69) is 10.3 Å². The van der Waals surface area contributed by atoms with Gasteiger partial charge >= 0.3 is 5.88 Å². The molecule has 0 unspecified atom stereocenters. The van der Waals surface area contributed by atoms with E-state index in [1.54, 1.807) is 10.9 Å². The molecule has 3 heterocycles. The van der Waals surface area contributed by atoms with Gasteiger partial charge in [0, 0.05) is 16.8 Å². The van der Waals surface area contributed by atoms with Gasteiger partial charge in [-0.25, -0.2) is 9.98 Å². The standard InChI is InChI=1S/C20H19N5O2S/c1-11(2)25-10-15(27-24-25)22-19(26)18-16(21)14-9-12(3)17(23-20(14)28-18)13-7-5-4-6-8-13/h4-11H,1-3H3,(H2-,21,22,24,26). The SMILES string of the molecule is Cc1cc2c(N)c(/C([O-])=N/c3c[n+](C(C)C)no3)sc2nc1-c1ccccc1. The number of aliphatic imine (C=N–C) groups is 1. The number of nitrogens with zero attached hydrogens (tertiary/aromatic N) is 4. The lowest BCUT2D eigenvalue weighted by atomic mass is 10.1. The molecule has 7 nitrogen and oxygen atoms in total. The second-order valence-corrected chi connectivity index (χ2v) is 7.75. The summed E-state index contributed by atoms with van der Waals surface area (Å²) in [6.07, 6.45) is 1.59. The Bertz CT molecular complexity index is 1180. The molecule has 0 saturated carbocycles. The molecule has 142 valence electrons. The van der Waals surface area contributed by atoms with E-state index in [4.69, 9.17) is 15.2 Å². The van der Waals surface area contributed by atoms with Gasteiger partial charge in [0.05, 0.1) is 16.3 Å². The van der Waals surface area contributed by atoms with Gasteiger partial charge in [0.25, 0.3) is 6.20 Å². The minimum Gasteiger partial charge on any atom is -0.857 e. The van der Waals surface area contributed by atoms with Gasteiger partial charge in [-0.05, 0) is 37.1 Å². The molecule has 4 aromatic rings. The number of nitrogens with two attached hydrogens (primary N) is 1. The first-order valence-electron chi connectivity index (χ1n) is 8.83. The fraction of sp³-hybridized carbons (Fsp3) is 0.200. The molecule has 3 aromatic heterocycles. The fourth-order valence-corrected chi connectivity index (χ4v) is 3.84. The summed E-state index contributed by atoms with van der Waals surface area (Å²) in [4.78, 5) is 9.80. The molecular weight excluding hydrogens is 374 g/mol. The predicted molar refractivity (Wildman–Crippen MR) is 107 cm³/mol. The van der Waals surface area contributed by atoms with E-state index in [-0.39, 0.29) is 11.9 Å². The number of pyridine rings is 1. The molecule has 0 radical (unpaired) electrons. The molecule has 28 heavy (non-hydrogen) atoms. The zero-order chi connectivity index (χ0) is 19.8.